The molecule has 0 aliphatic heterocycles. The Morgan fingerprint density at radius 2 is 2.10 bits per heavy atom. The summed E-state index contributed by atoms with van der Waals surface area (Å²) in [5.41, 5.74) is 0.814. The van der Waals surface area contributed by atoms with Gasteiger partial charge in [-0.2, -0.15) is 5.10 Å². The average molecular weight is 322 g/mol. The molecule has 1 aliphatic carbocycles. The Kier molecular flexibility index (Phi) is 5.06. The molecule has 8 heteroatoms. The van der Waals surface area contributed by atoms with Crippen molar-refractivity contribution in [2.24, 2.45) is 7.05 Å². The van der Waals surface area contributed by atoms with Crippen LogP contribution in [0.5, 0.6) is 0 Å². The Balaban J connectivity index is 1.74. The summed E-state index contributed by atoms with van der Waals surface area (Å²) in [6.45, 7) is 0.440. The zero-order valence-corrected chi connectivity index (χ0v) is 13.2. The molecule has 1 aromatic heterocycles. The minimum atomic E-state index is -3.12. The molecule has 0 radical (unpaired) electrons. The van der Waals surface area contributed by atoms with Crippen LogP contribution in [-0.4, -0.2) is 36.6 Å². The second kappa shape index (κ2) is 6.43. The molecule has 1 N–H and O–H groups in total. The van der Waals surface area contributed by atoms with E-state index in [-0.39, 0.29) is 12.1 Å². The van der Waals surface area contributed by atoms with Crippen LogP contribution < -0.4 is 4.72 Å². The Morgan fingerprint density at radius 3 is 2.60 bits per heavy atom. The van der Waals surface area contributed by atoms with Crippen molar-refractivity contribution in [1.82, 2.24) is 14.5 Å². The maximum absolute atomic E-state index is 11.2. The molecule has 1 heterocycles. The smallest absolute Gasteiger partial charge is 0.208 e. The topological polar surface area (TPSA) is 73.2 Å². The molecule has 0 spiro atoms. The number of sulfonamides is 1. The van der Waals surface area contributed by atoms with Gasteiger partial charge in [-0.15, -0.1) is 0 Å². The number of aromatic nitrogens is 2. The van der Waals surface area contributed by atoms with Gasteiger partial charge in [-0.1, -0.05) is 11.6 Å². The molecular formula is C12H20ClN3O3S. The van der Waals surface area contributed by atoms with E-state index >= 15 is 0 Å². The first-order chi connectivity index (χ1) is 9.33. The molecule has 20 heavy (non-hydrogen) atoms. The molecule has 0 amide bonds. The monoisotopic (exact) mass is 321 g/mol. The fourth-order valence-corrected chi connectivity index (χ4v) is 3.43. The molecular weight excluding hydrogens is 302 g/mol. The fraction of sp³-hybridized carbons (Fsp3) is 0.750. The van der Waals surface area contributed by atoms with Gasteiger partial charge < -0.3 is 4.74 Å². The predicted octanol–water partition coefficient (Wildman–Crippen LogP) is 1.45. The van der Waals surface area contributed by atoms with Gasteiger partial charge in [-0.05, 0) is 25.7 Å². The van der Waals surface area contributed by atoms with Crippen LogP contribution in [0, 0.1) is 0 Å². The maximum atomic E-state index is 11.2. The second-order valence-electron chi connectivity index (χ2n) is 5.26. The summed E-state index contributed by atoms with van der Waals surface area (Å²) in [5, 5.41) is 4.81. The van der Waals surface area contributed by atoms with Gasteiger partial charge in [0.05, 0.1) is 24.7 Å². The lowest BCUT2D eigenvalue weighted by Crippen LogP contribution is -2.38. The lowest BCUT2D eigenvalue weighted by molar-refractivity contribution is 0.0111. The summed E-state index contributed by atoms with van der Waals surface area (Å²) in [7, 11) is -1.33. The summed E-state index contributed by atoms with van der Waals surface area (Å²) in [6, 6.07) is 1.83. The summed E-state index contributed by atoms with van der Waals surface area (Å²) in [6.07, 6.45) is 4.68. The third kappa shape index (κ3) is 4.73. The van der Waals surface area contributed by atoms with Crippen LogP contribution in [0.4, 0.5) is 0 Å². The lowest BCUT2D eigenvalue weighted by atomic mass is 9.94. The van der Waals surface area contributed by atoms with E-state index in [0.29, 0.717) is 11.8 Å². The van der Waals surface area contributed by atoms with Gasteiger partial charge in [0, 0.05) is 19.2 Å². The normalized spacial score (nSPS) is 23.9. The number of nitrogens with zero attached hydrogens (tertiary/aromatic N) is 2. The highest BCUT2D eigenvalue weighted by Crippen LogP contribution is 2.23. The lowest BCUT2D eigenvalue weighted by Gasteiger charge is -2.28. The van der Waals surface area contributed by atoms with Gasteiger partial charge in [0.25, 0.3) is 0 Å². The van der Waals surface area contributed by atoms with Crippen molar-refractivity contribution in [1.29, 1.82) is 0 Å². The van der Waals surface area contributed by atoms with Crippen LogP contribution in [0.25, 0.3) is 0 Å². The largest absolute Gasteiger partial charge is 0.372 e. The zero-order valence-electron chi connectivity index (χ0n) is 11.7. The minimum absolute atomic E-state index is 0.0362. The highest BCUT2D eigenvalue weighted by Gasteiger charge is 2.23. The maximum Gasteiger partial charge on any atom is 0.208 e. The van der Waals surface area contributed by atoms with E-state index < -0.39 is 10.0 Å². The van der Waals surface area contributed by atoms with Crippen molar-refractivity contribution in [2.45, 2.75) is 44.4 Å². The molecule has 1 aromatic rings. The van der Waals surface area contributed by atoms with E-state index in [1.807, 2.05) is 0 Å². The van der Waals surface area contributed by atoms with Crippen LogP contribution in [0.1, 0.15) is 31.4 Å². The van der Waals surface area contributed by atoms with Gasteiger partial charge in [-0.25, -0.2) is 13.1 Å². The zero-order chi connectivity index (χ0) is 14.8. The Labute approximate surface area is 124 Å². The first kappa shape index (κ1) is 15.8. The second-order valence-corrected chi connectivity index (χ2v) is 7.42. The predicted molar refractivity (Wildman–Crippen MR) is 77.0 cm³/mol. The molecule has 2 rings (SSSR count). The molecule has 1 fully saturated rings. The molecule has 0 saturated heterocycles. The molecule has 0 bridgehead atoms. The van der Waals surface area contributed by atoms with Crippen LogP contribution in [0.15, 0.2) is 6.07 Å². The van der Waals surface area contributed by atoms with Crippen LogP contribution in [-0.2, 0) is 28.4 Å². The number of rotatable bonds is 5. The van der Waals surface area contributed by atoms with Crippen molar-refractivity contribution in [2.75, 3.05) is 6.26 Å². The number of ether oxygens (including phenoxy) is 1. The third-order valence-corrected chi connectivity index (χ3v) is 4.51. The highest BCUT2D eigenvalue weighted by atomic mass is 35.5. The summed E-state index contributed by atoms with van der Waals surface area (Å²) in [4.78, 5) is 0. The van der Waals surface area contributed by atoms with Crippen molar-refractivity contribution in [3.8, 4) is 0 Å². The average Bonchev–Trinajstić information content (AvgIpc) is 2.66. The van der Waals surface area contributed by atoms with Crippen molar-refractivity contribution in [3.05, 3.63) is 16.9 Å². The van der Waals surface area contributed by atoms with Crippen molar-refractivity contribution in [3.63, 3.8) is 0 Å². The first-order valence-electron chi connectivity index (χ1n) is 6.61. The Bertz CT molecular complexity index is 531. The van der Waals surface area contributed by atoms with Gasteiger partial charge in [0.15, 0.2) is 0 Å². The van der Waals surface area contributed by atoms with Crippen molar-refractivity contribution >= 4 is 21.6 Å². The number of aryl methyl sites for hydroxylation is 1. The standard InChI is InChI=1S/C12H20ClN3O3S/c1-16-12(13)7-10(14-16)8-19-11-5-3-9(4-6-11)15-20(2,17)18/h7,9,11,15H,3-6,8H2,1-2H3. The van der Waals surface area contributed by atoms with E-state index in [4.69, 9.17) is 16.3 Å². The van der Waals surface area contributed by atoms with E-state index in [2.05, 4.69) is 9.82 Å². The molecule has 0 unspecified atom stereocenters. The summed E-state index contributed by atoms with van der Waals surface area (Å²) in [5.74, 6) is 0. The van der Waals surface area contributed by atoms with E-state index in [1.54, 1.807) is 17.8 Å². The third-order valence-electron chi connectivity index (χ3n) is 3.40. The van der Waals surface area contributed by atoms with Gasteiger partial charge in [-0.3, -0.25) is 4.68 Å². The number of hydrogen-bond acceptors (Lipinski definition) is 4. The Hall–Kier alpha value is -0.630. The number of nitrogens with one attached hydrogen (secondary N) is 1. The molecule has 6 nitrogen and oxygen atoms in total. The molecule has 0 aromatic carbocycles. The highest BCUT2D eigenvalue weighted by molar-refractivity contribution is 7.88. The summed E-state index contributed by atoms with van der Waals surface area (Å²) < 4.78 is 32.4. The molecule has 114 valence electrons. The van der Waals surface area contributed by atoms with Crippen LogP contribution in [0.2, 0.25) is 5.15 Å². The molecule has 1 aliphatic rings. The minimum Gasteiger partial charge on any atom is -0.372 e. The van der Waals surface area contributed by atoms with Gasteiger partial charge in [0.2, 0.25) is 10.0 Å². The molecule has 0 atom stereocenters. The fourth-order valence-electron chi connectivity index (χ4n) is 2.42. The Morgan fingerprint density at radius 1 is 1.45 bits per heavy atom. The van der Waals surface area contributed by atoms with Gasteiger partial charge >= 0.3 is 0 Å². The van der Waals surface area contributed by atoms with E-state index in [9.17, 15) is 8.42 Å². The van der Waals surface area contributed by atoms with Crippen LogP contribution in [0.3, 0.4) is 0 Å². The molecule has 1 saturated carbocycles. The van der Waals surface area contributed by atoms with E-state index in [1.165, 1.54) is 6.26 Å². The van der Waals surface area contributed by atoms with Crippen LogP contribution >= 0.6 is 11.6 Å². The number of hydrogen-bond donors (Lipinski definition) is 1. The van der Waals surface area contributed by atoms with E-state index in [0.717, 1.165) is 31.4 Å². The summed E-state index contributed by atoms with van der Waals surface area (Å²) >= 11 is 5.91. The van der Waals surface area contributed by atoms with Gasteiger partial charge in [0.1, 0.15) is 5.15 Å². The number of halogens is 1. The quantitative estimate of drug-likeness (QED) is 0.891. The SMILES string of the molecule is Cn1nc(COC2CCC(NS(C)(=O)=O)CC2)cc1Cl. The van der Waals surface area contributed by atoms with Crippen molar-refractivity contribution < 1.29 is 13.2 Å². The first-order valence-corrected chi connectivity index (χ1v) is 8.88.